The zero-order valence-corrected chi connectivity index (χ0v) is 15.4. The molecule has 3 unspecified atom stereocenters. The van der Waals surface area contributed by atoms with Gasteiger partial charge in [0.05, 0.1) is 31.3 Å². The second-order valence-electron chi connectivity index (χ2n) is 7.63. The second-order valence-corrected chi connectivity index (χ2v) is 7.63. The Labute approximate surface area is 163 Å². The smallest absolute Gasteiger partial charge is 0.119 e. The van der Waals surface area contributed by atoms with Gasteiger partial charge in [-0.25, -0.2) is 0 Å². The Bertz CT molecular complexity index is 967. The summed E-state index contributed by atoms with van der Waals surface area (Å²) in [5.74, 6) is 2.41. The number of ether oxygens (including phenoxy) is 4. The molecule has 1 aliphatic carbocycles. The minimum absolute atomic E-state index is 0.277. The summed E-state index contributed by atoms with van der Waals surface area (Å²) in [6, 6.07) is 18.5. The lowest BCUT2D eigenvalue weighted by Crippen LogP contribution is -2.08. The third-order valence-electron chi connectivity index (χ3n) is 5.56. The molecule has 5 nitrogen and oxygen atoms in total. The molecule has 3 aromatic rings. The lowest BCUT2D eigenvalue weighted by Gasteiger charge is -2.09. The first-order chi connectivity index (χ1) is 13.8. The molecule has 0 radical (unpaired) electrons. The molecule has 0 spiro atoms. The summed E-state index contributed by atoms with van der Waals surface area (Å²) in [6.07, 6.45) is 5.48. The van der Waals surface area contributed by atoms with Crippen molar-refractivity contribution in [1.82, 2.24) is 4.57 Å². The van der Waals surface area contributed by atoms with Gasteiger partial charge in [-0.2, -0.15) is 0 Å². The van der Waals surface area contributed by atoms with Crippen molar-refractivity contribution in [3.63, 3.8) is 0 Å². The molecule has 3 fully saturated rings. The molecule has 2 aromatic carbocycles. The molecule has 3 heterocycles. The van der Waals surface area contributed by atoms with Crippen molar-refractivity contribution < 1.29 is 18.9 Å². The third kappa shape index (κ3) is 3.28. The normalized spacial score (nSPS) is 26.4. The Hall–Kier alpha value is -2.76. The topological polar surface area (TPSA) is 48.5 Å². The number of hydrogen-bond acceptors (Lipinski definition) is 4. The van der Waals surface area contributed by atoms with E-state index in [1.165, 1.54) is 11.1 Å². The van der Waals surface area contributed by atoms with E-state index in [1.807, 2.05) is 24.3 Å². The molecule has 3 atom stereocenters. The van der Waals surface area contributed by atoms with E-state index in [0.29, 0.717) is 24.7 Å². The van der Waals surface area contributed by atoms with Crippen LogP contribution in [0.4, 0.5) is 0 Å². The summed E-state index contributed by atoms with van der Waals surface area (Å²) in [5, 5.41) is 0. The van der Waals surface area contributed by atoms with Crippen molar-refractivity contribution in [3.8, 4) is 28.3 Å². The summed E-state index contributed by atoms with van der Waals surface area (Å²) >= 11 is 0. The zero-order valence-electron chi connectivity index (χ0n) is 15.4. The standard InChI is InChI=1S/C23H21NO4/c1-5-18(25-12-20-13-26-20)6-2-15(1)16-9-10-24(11-16)17-3-7-19(8-4-17)27-14-21-22-23(21)28-22/h1-11,20-23H,12-14H2. The summed E-state index contributed by atoms with van der Waals surface area (Å²) < 4.78 is 24.1. The fraction of sp³-hybridized carbons (Fsp3) is 0.304. The molecule has 2 aliphatic heterocycles. The maximum atomic E-state index is 5.84. The lowest BCUT2D eigenvalue weighted by atomic mass is 10.1. The molecule has 6 rings (SSSR count). The monoisotopic (exact) mass is 375 g/mol. The Morgan fingerprint density at radius 3 is 2.14 bits per heavy atom. The van der Waals surface area contributed by atoms with Crippen molar-refractivity contribution >= 4 is 0 Å². The van der Waals surface area contributed by atoms with Gasteiger partial charge in [0.1, 0.15) is 24.2 Å². The molecule has 142 valence electrons. The van der Waals surface area contributed by atoms with Crippen LogP contribution in [0.2, 0.25) is 0 Å². The number of aromatic nitrogens is 1. The van der Waals surface area contributed by atoms with Gasteiger partial charge >= 0.3 is 0 Å². The second kappa shape index (κ2) is 6.40. The molecule has 2 saturated heterocycles. The molecule has 1 saturated carbocycles. The largest absolute Gasteiger partial charge is 0.493 e. The van der Waals surface area contributed by atoms with Crippen molar-refractivity contribution in [2.75, 3.05) is 19.8 Å². The molecule has 28 heavy (non-hydrogen) atoms. The van der Waals surface area contributed by atoms with Crippen LogP contribution >= 0.6 is 0 Å². The SMILES string of the molecule is c1cc(-c2ccn(-c3ccc(OCC4C5OC45)cc3)c2)ccc1OCC1CO1. The average molecular weight is 375 g/mol. The highest BCUT2D eigenvalue weighted by atomic mass is 16.6. The number of nitrogens with zero attached hydrogens (tertiary/aromatic N) is 1. The van der Waals surface area contributed by atoms with E-state index < -0.39 is 0 Å². The number of hydrogen-bond donors (Lipinski definition) is 0. The minimum atomic E-state index is 0.277. The van der Waals surface area contributed by atoms with E-state index in [0.717, 1.165) is 30.4 Å². The Morgan fingerprint density at radius 1 is 0.821 bits per heavy atom. The van der Waals surface area contributed by atoms with E-state index >= 15 is 0 Å². The van der Waals surface area contributed by atoms with Crippen LogP contribution in [-0.2, 0) is 9.47 Å². The van der Waals surface area contributed by atoms with Gasteiger partial charge in [0.25, 0.3) is 0 Å². The Kier molecular flexibility index (Phi) is 3.71. The minimum Gasteiger partial charge on any atom is -0.493 e. The molecule has 1 aromatic heterocycles. The van der Waals surface area contributed by atoms with E-state index in [4.69, 9.17) is 18.9 Å². The van der Waals surface area contributed by atoms with Crippen molar-refractivity contribution in [2.24, 2.45) is 5.92 Å². The molecular weight excluding hydrogens is 354 g/mol. The van der Waals surface area contributed by atoms with Gasteiger partial charge in [-0.05, 0) is 53.6 Å². The summed E-state index contributed by atoms with van der Waals surface area (Å²) in [7, 11) is 0. The van der Waals surface area contributed by atoms with Crippen LogP contribution in [0.5, 0.6) is 11.5 Å². The van der Waals surface area contributed by atoms with Crippen molar-refractivity contribution in [3.05, 3.63) is 67.0 Å². The molecule has 0 N–H and O–H groups in total. The predicted octanol–water partition coefficient (Wildman–Crippen LogP) is 3.70. The maximum Gasteiger partial charge on any atom is 0.119 e. The maximum absolute atomic E-state index is 5.84. The van der Waals surface area contributed by atoms with Gasteiger partial charge < -0.3 is 23.5 Å². The Balaban J connectivity index is 1.10. The van der Waals surface area contributed by atoms with Gasteiger partial charge in [0.15, 0.2) is 0 Å². The van der Waals surface area contributed by atoms with Crippen molar-refractivity contribution in [2.45, 2.75) is 18.3 Å². The van der Waals surface area contributed by atoms with Crippen molar-refractivity contribution in [1.29, 1.82) is 0 Å². The van der Waals surface area contributed by atoms with Gasteiger partial charge in [-0.1, -0.05) is 12.1 Å². The summed E-state index contributed by atoms with van der Waals surface area (Å²) in [6.45, 7) is 2.20. The predicted molar refractivity (Wildman–Crippen MR) is 104 cm³/mol. The lowest BCUT2D eigenvalue weighted by molar-refractivity contribution is 0.163. The van der Waals surface area contributed by atoms with Crippen LogP contribution in [0.15, 0.2) is 67.0 Å². The van der Waals surface area contributed by atoms with E-state index in [2.05, 4.69) is 47.3 Å². The number of epoxide rings is 2. The highest BCUT2D eigenvalue weighted by molar-refractivity contribution is 5.64. The zero-order chi connectivity index (χ0) is 18.5. The average Bonchev–Trinajstić information content (AvgIpc) is 3.66. The fourth-order valence-electron chi connectivity index (χ4n) is 3.48. The van der Waals surface area contributed by atoms with E-state index in [9.17, 15) is 0 Å². The van der Waals surface area contributed by atoms with Crippen LogP contribution in [0, 0.1) is 5.92 Å². The fourth-order valence-corrected chi connectivity index (χ4v) is 3.48. The van der Waals surface area contributed by atoms with E-state index in [-0.39, 0.29) is 6.10 Å². The van der Waals surface area contributed by atoms with Gasteiger partial charge in [0, 0.05) is 18.1 Å². The molecular formula is C23H21NO4. The number of rotatable bonds is 8. The van der Waals surface area contributed by atoms with E-state index in [1.54, 1.807) is 0 Å². The van der Waals surface area contributed by atoms with Crippen LogP contribution in [0.3, 0.4) is 0 Å². The van der Waals surface area contributed by atoms with Crippen LogP contribution < -0.4 is 9.47 Å². The molecule has 5 heteroatoms. The highest BCUT2D eigenvalue weighted by Gasteiger charge is 2.68. The first-order valence-corrected chi connectivity index (χ1v) is 9.75. The third-order valence-corrected chi connectivity index (χ3v) is 5.56. The Morgan fingerprint density at radius 2 is 1.50 bits per heavy atom. The van der Waals surface area contributed by atoms with Gasteiger partial charge in [0.2, 0.25) is 0 Å². The first-order valence-electron chi connectivity index (χ1n) is 9.75. The summed E-state index contributed by atoms with van der Waals surface area (Å²) in [4.78, 5) is 0. The number of benzene rings is 2. The summed E-state index contributed by atoms with van der Waals surface area (Å²) in [5.41, 5.74) is 3.45. The molecule has 0 amide bonds. The first kappa shape index (κ1) is 16.2. The molecule has 0 bridgehead atoms. The van der Waals surface area contributed by atoms with Gasteiger partial charge in [-0.15, -0.1) is 0 Å². The van der Waals surface area contributed by atoms with Crippen LogP contribution in [-0.4, -0.2) is 42.7 Å². The van der Waals surface area contributed by atoms with Crippen LogP contribution in [0.1, 0.15) is 0 Å². The quantitative estimate of drug-likeness (QED) is 0.564. The van der Waals surface area contributed by atoms with Gasteiger partial charge in [-0.3, -0.25) is 0 Å². The number of fused-ring (bicyclic) bond motifs is 1. The molecule has 3 aliphatic rings. The van der Waals surface area contributed by atoms with Crippen LogP contribution in [0.25, 0.3) is 16.8 Å². The highest BCUT2D eigenvalue weighted by Crippen LogP contribution is 2.53.